The maximum Gasteiger partial charge on any atom is 0.416 e. The van der Waals surface area contributed by atoms with E-state index in [4.69, 9.17) is 0 Å². The average molecular weight is 411 g/mol. The number of hydrogen-bond donors (Lipinski definition) is 1. The third-order valence-electron chi connectivity index (χ3n) is 5.79. The van der Waals surface area contributed by atoms with Gasteiger partial charge in [0.1, 0.15) is 6.04 Å². The molecule has 0 bridgehead atoms. The number of nitrogens with zero attached hydrogens (tertiary/aromatic N) is 2. The molecular weight excluding hydrogens is 383 g/mol. The first-order chi connectivity index (χ1) is 13.7. The van der Waals surface area contributed by atoms with Crippen LogP contribution in [0.3, 0.4) is 0 Å². The van der Waals surface area contributed by atoms with E-state index in [1.54, 1.807) is 11.8 Å². The fraction of sp³-hybridized carbons (Fsp3) is 0.619. The second-order valence-corrected chi connectivity index (χ2v) is 8.01. The molecule has 1 heterocycles. The molecule has 5 nitrogen and oxygen atoms in total. The Morgan fingerprint density at radius 1 is 1.07 bits per heavy atom. The largest absolute Gasteiger partial charge is 0.416 e. The summed E-state index contributed by atoms with van der Waals surface area (Å²) < 4.78 is 38.1. The van der Waals surface area contributed by atoms with E-state index in [0.29, 0.717) is 26.2 Å². The minimum absolute atomic E-state index is 0.0316. The molecule has 0 aromatic heterocycles. The van der Waals surface area contributed by atoms with Crippen molar-refractivity contribution in [3.63, 3.8) is 0 Å². The van der Waals surface area contributed by atoms with Crippen LogP contribution < -0.4 is 5.32 Å². The van der Waals surface area contributed by atoms with E-state index >= 15 is 0 Å². The van der Waals surface area contributed by atoms with Crippen LogP contribution in [0.1, 0.15) is 43.7 Å². The van der Waals surface area contributed by atoms with Gasteiger partial charge in [-0.3, -0.25) is 14.5 Å². The number of amides is 2. The van der Waals surface area contributed by atoms with Gasteiger partial charge >= 0.3 is 6.18 Å². The Bertz CT molecular complexity index is 717. The fourth-order valence-corrected chi connectivity index (χ4v) is 3.74. The number of halogens is 3. The molecule has 0 spiro atoms. The molecule has 1 N–H and O–H groups in total. The lowest BCUT2D eigenvalue weighted by Gasteiger charge is -2.28. The van der Waals surface area contributed by atoms with Gasteiger partial charge in [0.25, 0.3) is 0 Å². The third kappa shape index (κ3) is 5.72. The SMILES string of the molecule is CC(NC(=O)C1CCC1)C(=O)N1CCCN(Cc2ccc(C(F)(F)F)cc2)CC1. The summed E-state index contributed by atoms with van der Waals surface area (Å²) in [5, 5.41) is 2.83. The highest BCUT2D eigenvalue weighted by molar-refractivity contribution is 5.88. The molecule has 1 aromatic carbocycles. The first kappa shape index (κ1) is 21.6. The van der Waals surface area contributed by atoms with Crippen molar-refractivity contribution in [3.8, 4) is 0 Å². The van der Waals surface area contributed by atoms with Crippen LogP contribution in [0.15, 0.2) is 24.3 Å². The zero-order valence-electron chi connectivity index (χ0n) is 16.7. The van der Waals surface area contributed by atoms with Gasteiger partial charge in [0.05, 0.1) is 5.56 Å². The zero-order valence-corrected chi connectivity index (χ0v) is 16.7. The summed E-state index contributed by atoms with van der Waals surface area (Å²) in [6.45, 7) is 4.86. The zero-order chi connectivity index (χ0) is 21.0. The minimum Gasteiger partial charge on any atom is -0.344 e. The molecule has 2 aliphatic rings. The number of nitrogens with one attached hydrogen (secondary N) is 1. The third-order valence-corrected chi connectivity index (χ3v) is 5.79. The summed E-state index contributed by atoms with van der Waals surface area (Å²) in [6, 6.07) is 4.69. The van der Waals surface area contributed by atoms with Crippen molar-refractivity contribution in [1.82, 2.24) is 15.1 Å². The predicted molar refractivity (Wildman–Crippen MR) is 103 cm³/mol. The molecule has 3 rings (SSSR count). The van der Waals surface area contributed by atoms with Gasteiger partial charge in [-0.25, -0.2) is 0 Å². The lowest BCUT2D eigenvalue weighted by atomic mass is 9.84. The first-order valence-corrected chi connectivity index (χ1v) is 10.2. The Morgan fingerprint density at radius 2 is 1.76 bits per heavy atom. The van der Waals surface area contributed by atoms with Gasteiger partial charge in [-0.15, -0.1) is 0 Å². The molecule has 1 atom stereocenters. The molecule has 0 radical (unpaired) electrons. The second-order valence-electron chi connectivity index (χ2n) is 8.01. The molecule has 1 saturated carbocycles. The summed E-state index contributed by atoms with van der Waals surface area (Å²) in [5.41, 5.74) is 0.172. The van der Waals surface area contributed by atoms with E-state index in [9.17, 15) is 22.8 Å². The Kier molecular flexibility index (Phi) is 6.82. The number of carbonyl (C=O) groups excluding carboxylic acids is 2. The normalized spacial score (nSPS) is 19.9. The number of benzene rings is 1. The van der Waals surface area contributed by atoms with Crippen molar-refractivity contribution in [3.05, 3.63) is 35.4 Å². The number of alkyl halides is 3. The fourth-order valence-electron chi connectivity index (χ4n) is 3.74. The summed E-state index contributed by atoms with van der Waals surface area (Å²) in [4.78, 5) is 28.7. The van der Waals surface area contributed by atoms with E-state index in [1.165, 1.54) is 12.1 Å². The Labute approximate surface area is 169 Å². The molecule has 1 saturated heterocycles. The topological polar surface area (TPSA) is 52.7 Å². The monoisotopic (exact) mass is 411 g/mol. The Balaban J connectivity index is 1.49. The smallest absolute Gasteiger partial charge is 0.344 e. The van der Waals surface area contributed by atoms with Crippen molar-refractivity contribution < 1.29 is 22.8 Å². The van der Waals surface area contributed by atoms with Gasteiger partial charge < -0.3 is 10.2 Å². The van der Waals surface area contributed by atoms with Gasteiger partial charge in [-0.1, -0.05) is 18.6 Å². The van der Waals surface area contributed by atoms with Crippen molar-refractivity contribution in [1.29, 1.82) is 0 Å². The van der Waals surface area contributed by atoms with Gasteiger partial charge in [0.15, 0.2) is 0 Å². The molecule has 2 amide bonds. The van der Waals surface area contributed by atoms with Gasteiger partial charge in [-0.05, 0) is 43.9 Å². The van der Waals surface area contributed by atoms with Crippen molar-refractivity contribution in [2.24, 2.45) is 5.92 Å². The second kappa shape index (κ2) is 9.15. The van der Waals surface area contributed by atoms with Crippen molar-refractivity contribution >= 4 is 11.8 Å². The van der Waals surface area contributed by atoms with Crippen LogP contribution in [0.2, 0.25) is 0 Å². The Hall–Kier alpha value is -2.09. The van der Waals surface area contributed by atoms with Gasteiger partial charge in [-0.2, -0.15) is 13.2 Å². The summed E-state index contributed by atoms with van der Waals surface area (Å²) >= 11 is 0. The van der Waals surface area contributed by atoms with Crippen LogP contribution in [-0.4, -0.2) is 53.8 Å². The van der Waals surface area contributed by atoms with Gasteiger partial charge in [0.2, 0.25) is 11.8 Å². The van der Waals surface area contributed by atoms with Crippen LogP contribution in [-0.2, 0) is 22.3 Å². The van der Waals surface area contributed by atoms with Crippen LogP contribution >= 0.6 is 0 Å². The number of carbonyl (C=O) groups is 2. The first-order valence-electron chi connectivity index (χ1n) is 10.2. The molecule has 8 heteroatoms. The van der Waals surface area contributed by atoms with Crippen LogP contribution in [0.25, 0.3) is 0 Å². The van der Waals surface area contributed by atoms with E-state index in [1.807, 2.05) is 0 Å². The lowest BCUT2D eigenvalue weighted by molar-refractivity contribution is -0.137. The average Bonchev–Trinajstić information content (AvgIpc) is 2.84. The lowest BCUT2D eigenvalue weighted by Crippen LogP contribution is -2.50. The molecule has 160 valence electrons. The molecule has 1 aliphatic carbocycles. The van der Waals surface area contributed by atoms with Gasteiger partial charge in [0, 0.05) is 38.6 Å². The van der Waals surface area contributed by atoms with E-state index in [2.05, 4.69) is 10.2 Å². The standard InChI is InChI=1S/C21H28F3N3O2/c1-15(25-19(28)17-4-2-5-17)20(29)27-11-3-10-26(12-13-27)14-16-6-8-18(9-7-16)21(22,23)24/h6-9,15,17H,2-5,10-14H2,1H3,(H,25,28). The predicted octanol–water partition coefficient (Wildman–Crippen LogP) is 3.04. The molecule has 29 heavy (non-hydrogen) atoms. The minimum atomic E-state index is -4.33. The molecule has 1 unspecified atom stereocenters. The number of hydrogen-bond acceptors (Lipinski definition) is 3. The molecule has 1 aromatic rings. The highest BCUT2D eigenvalue weighted by Gasteiger charge is 2.31. The Morgan fingerprint density at radius 3 is 2.34 bits per heavy atom. The van der Waals surface area contributed by atoms with Crippen molar-refractivity contribution in [2.45, 2.75) is 51.4 Å². The van der Waals surface area contributed by atoms with Crippen LogP contribution in [0.5, 0.6) is 0 Å². The molecule has 1 aliphatic heterocycles. The maximum absolute atomic E-state index is 12.7. The van der Waals surface area contributed by atoms with E-state index in [-0.39, 0.29) is 17.7 Å². The van der Waals surface area contributed by atoms with E-state index in [0.717, 1.165) is 49.9 Å². The number of rotatable bonds is 5. The van der Waals surface area contributed by atoms with Crippen LogP contribution in [0.4, 0.5) is 13.2 Å². The van der Waals surface area contributed by atoms with Crippen LogP contribution in [0, 0.1) is 5.92 Å². The van der Waals surface area contributed by atoms with Crippen molar-refractivity contribution in [2.75, 3.05) is 26.2 Å². The van der Waals surface area contributed by atoms with E-state index < -0.39 is 17.8 Å². The molecule has 2 fully saturated rings. The highest BCUT2D eigenvalue weighted by Crippen LogP contribution is 2.29. The maximum atomic E-state index is 12.7. The summed E-state index contributed by atoms with van der Waals surface area (Å²) in [5.74, 6) is -0.0569. The summed E-state index contributed by atoms with van der Waals surface area (Å²) in [7, 11) is 0. The quantitative estimate of drug-likeness (QED) is 0.810. The molecular formula is C21H28F3N3O2. The highest BCUT2D eigenvalue weighted by atomic mass is 19.4. The summed E-state index contributed by atoms with van der Waals surface area (Å²) in [6.07, 6.45) is -0.672.